The number of rotatable bonds is 2. The van der Waals surface area contributed by atoms with Crippen LogP contribution in [-0.2, 0) is 10.9 Å². The second-order valence-electron chi connectivity index (χ2n) is 6.38. The lowest BCUT2D eigenvalue weighted by Crippen LogP contribution is -2.63. The van der Waals surface area contributed by atoms with E-state index in [0.29, 0.717) is 18.2 Å². The van der Waals surface area contributed by atoms with Gasteiger partial charge in [0.1, 0.15) is 5.82 Å². The summed E-state index contributed by atoms with van der Waals surface area (Å²) in [6.07, 6.45) is -3.63. The van der Waals surface area contributed by atoms with Crippen molar-refractivity contribution in [3.05, 3.63) is 29.6 Å². The molecule has 1 aromatic rings. The molecule has 0 aromatic heterocycles. The van der Waals surface area contributed by atoms with Crippen LogP contribution in [0.25, 0.3) is 0 Å². The molecule has 1 N–H and O–H groups in total. The van der Waals surface area contributed by atoms with Crippen LogP contribution in [-0.4, -0.2) is 18.8 Å². The molecule has 6 heteroatoms. The summed E-state index contributed by atoms with van der Waals surface area (Å²) in [5.41, 5.74) is -1.08. The molecule has 1 saturated heterocycles. The molecule has 1 heterocycles. The lowest BCUT2D eigenvalue weighted by Gasteiger charge is -2.55. The molecule has 3 unspecified atom stereocenters. The van der Waals surface area contributed by atoms with E-state index in [9.17, 15) is 17.6 Å². The molecule has 2 fully saturated rings. The fraction of sp³-hybridized carbons (Fsp3) is 0.600. The van der Waals surface area contributed by atoms with Gasteiger partial charge in [-0.2, -0.15) is 13.2 Å². The zero-order valence-corrected chi connectivity index (χ0v) is 11.8. The summed E-state index contributed by atoms with van der Waals surface area (Å²) >= 11 is 0. The van der Waals surface area contributed by atoms with Gasteiger partial charge in [0.25, 0.3) is 0 Å². The molecule has 1 aromatic carbocycles. The van der Waals surface area contributed by atoms with Gasteiger partial charge in [0.05, 0.1) is 11.7 Å². The predicted octanol–water partition coefficient (Wildman–Crippen LogP) is 4.07. The van der Waals surface area contributed by atoms with Crippen molar-refractivity contribution in [1.29, 1.82) is 0 Å². The van der Waals surface area contributed by atoms with Crippen LogP contribution >= 0.6 is 0 Å². The number of alkyl halides is 3. The van der Waals surface area contributed by atoms with Gasteiger partial charge in [-0.05, 0) is 24.6 Å². The van der Waals surface area contributed by atoms with E-state index < -0.39 is 17.6 Å². The lowest BCUT2D eigenvalue weighted by atomic mass is 9.57. The molecular formula is C15H17F4NO. The minimum Gasteiger partial charge on any atom is -0.381 e. The Hall–Kier alpha value is -1.30. The summed E-state index contributed by atoms with van der Waals surface area (Å²) in [7, 11) is 0. The fourth-order valence-corrected chi connectivity index (χ4v) is 3.63. The van der Waals surface area contributed by atoms with Gasteiger partial charge in [0.15, 0.2) is 0 Å². The smallest absolute Gasteiger partial charge is 0.381 e. The maximum Gasteiger partial charge on any atom is 0.419 e. The Morgan fingerprint density at radius 3 is 2.67 bits per heavy atom. The molecule has 2 aliphatic rings. The highest BCUT2D eigenvalue weighted by atomic mass is 19.4. The third kappa shape index (κ3) is 2.29. The van der Waals surface area contributed by atoms with Crippen LogP contribution < -0.4 is 5.32 Å². The van der Waals surface area contributed by atoms with Crippen molar-refractivity contribution in [1.82, 2.24) is 0 Å². The Bertz CT molecular complexity index is 555. The van der Waals surface area contributed by atoms with E-state index in [0.717, 1.165) is 18.6 Å². The maximum absolute atomic E-state index is 13.3. The summed E-state index contributed by atoms with van der Waals surface area (Å²) in [6.45, 7) is 4.75. The average molecular weight is 303 g/mol. The highest BCUT2D eigenvalue weighted by molar-refractivity contribution is 5.49. The van der Waals surface area contributed by atoms with Crippen LogP contribution in [0.3, 0.4) is 0 Å². The summed E-state index contributed by atoms with van der Waals surface area (Å²) in [6, 6.07) is 3.09. The molecule has 3 rings (SSSR count). The van der Waals surface area contributed by atoms with Gasteiger partial charge in [-0.1, -0.05) is 13.8 Å². The SMILES string of the molecule is CC1(C)C(Nc2ccc(F)c(C(F)(F)F)c2)C2CCOC21. The minimum absolute atomic E-state index is 0.0385. The number of hydrogen-bond acceptors (Lipinski definition) is 2. The summed E-state index contributed by atoms with van der Waals surface area (Å²) in [4.78, 5) is 0. The number of fused-ring (bicyclic) bond motifs is 1. The summed E-state index contributed by atoms with van der Waals surface area (Å²) in [5.74, 6) is -0.942. The van der Waals surface area contributed by atoms with E-state index in [1.165, 1.54) is 6.07 Å². The zero-order chi connectivity index (χ0) is 15.4. The third-order valence-corrected chi connectivity index (χ3v) is 4.69. The van der Waals surface area contributed by atoms with Crippen molar-refractivity contribution >= 4 is 5.69 Å². The Kier molecular flexibility index (Phi) is 3.20. The van der Waals surface area contributed by atoms with Crippen LogP contribution in [0.15, 0.2) is 18.2 Å². The molecule has 21 heavy (non-hydrogen) atoms. The van der Waals surface area contributed by atoms with Crippen molar-refractivity contribution in [2.24, 2.45) is 11.3 Å². The van der Waals surface area contributed by atoms with Crippen molar-refractivity contribution < 1.29 is 22.3 Å². The van der Waals surface area contributed by atoms with Gasteiger partial charge in [-0.15, -0.1) is 0 Å². The van der Waals surface area contributed by atoms with Crippen LogP contribution in [0.5, 0.6) is 0 Å². The number of anilines is 1. The van der Waals surface area contributed by atoms with Gasteiger partial charge >= 0.3 is 6.18 Å². The quantitative estimate of drug-likeness (QED) is 0.832. The van der Waals surface area contributed by atoms with Crippen molar-refractivity contribution in [3.63, 3.8) is 0 Å². The monoisotopic (exact) mass is 303 g/mol. The molecule has 2 nitrogen and oxygen atoms in total. The average Bonchev–Trinajstić information content (AvgIpc) is 2.83. The molecule has 0 bridgehead atoms. The van der Waals surface area contributed by atoms with Gasteiger partial charge in [0.2, 0.25) is 0 Å². The van der Waals surface area contributed by atoms with E-state index in [-0.39, 0.29) is 17.6 Å². The normalized spacial score (nSPS) is 30.7. The Morgan fingerprint density at radius 1 is 1.29 bits per heavy atom. The highest BCUT2D eigenvalue weighted by Crippen LogP contribution is 2.53. The van der Waals surface area contributed by atoms with E-state index in [4.69, 9.17) is 4.74 Å². The van der Waals surface area contributed by atoms with Crippen LogP contribution in [0.4, 0.5) is 23.2 Å². The minimum atomic E-state index is -4.68. The fourth-order valence-electron chi connectivity index (χ4n) is 3.63. The molecule has 1 aliphatic heterocycles. The van der Waals surface area contributed by atoms with E-state index in [1.54, 1.807) is 0 Å². The maximum atomic E-state index is 13.3. The first-order valence-corrected chi connectivity index (χ1v) is 6.96. The number of ether oxygens (including phenoxy) is 1. The van der Waals surface area contributed by atoms with Crippen molar-refractivity contribution in [2.45, 2.75) is 38.6 Å². The standard InChI is InChI=1S/C15H17F4NO/c1-14(2)12(9-5-6-21-13(9)14)20-8-3-4-11(16)10(7-8)15(17,18)19/h3-4,7,9,12-13,20H,5-6H2,1-2H3. The van der Waals surface area contributed by atoms with Crippen LogP contribution in [0.1, 0.15) is 25.8 Å². The molecule has 1 saturated carbocycles. The second-order valence-corrected chi connectivity index (χ2v) is 6.38. The van der Waals surface area contributed by atoms with Gasteiger partial charge in [-0.25, -0.2) is 4.39 Å². The predicted molar refractivity (Wildman–Crippen MR) is 70.4 cm³/mol. The number of halogens is 4. The van der Waals surface area contributed by atoms with E-state index >= 15 is 0 Å². The second kappa shape index (κ2) is 4.60. The van der Waals surface area contributed by atoms with E-state index in [2.05, 4.69) is 5.32 Å². The lowest BCUT2D eigenvalue weighted by molar-refractivity contribution is -0.139. The van der Waals surface area contributed by atoms with Crippen molar-refractivity contribution in [3.8, 4) is 0 Å². The molecule has 116 valence electrons. The molecular weight excluding hydrogens is 286 g/mol. The van der Waals surface area contributed by atoms with E-state index in [1.807, 2.05) is 13.8 Å². The van der Waals surface area contributed by atoms with Gasteiger partial charge < -0.3 is 10.1 Å². The molecule has 0 spiro atoms. The topological polar surface area (TPSA) is 21.3 Å². The molecule has 3 atom stereocenters. The highest BCUT2D eigenvalue weighted by Gasteiger charge is 2.59. The largest absolute Gasteiger partial charge is 0.419 e. The van der Waals surface area contributed by atoms with Gasteiger partial charge in [-0.3, -0.25) is 0 Å². The number of hydrogen-bond donors (Lipinski definition) is 1. The summed E-state index contributed by atoms with van der Waals surface area (Å²) < 4.78 is 57.2. The third-order valence-electron chi connectivity index (χ3n) is 4.69. The van der Waals surface area contributed by atoms with Crippen LogP contribution in [0, 0.1) is 17.2 Å². The number of nitrogens with one attached hydrogen (secondary N) is 1. The van der Waals surface area contributed by atoms with Crippen molar-refractivity contribution in [2.75, 3.05) is 11.9 Å². The first-order chi connectivity index (χ1) is 9.71. The number of benzene rings is 1. The van der Waals surface area contributed by atoms with Crippen LogP contribution in [0.2, 0.25) is 0 Å². The Balaban J connectivity index is 1.83. The summed E-state index contributed by atoms with van der Waals surface area (Å²) in [5, 5.41) is 3.13. The zero-order valence-electron chi connectivity index (χ0n) is 11.8. The first-order valence-electron chi connectivity index (χ1n) is 6.96. The van der Waals surface area contributed by atoms with Gasteiger partial charge in [0, 0.05) is 29.7 Å². The molecule has 1 aliphatic carbocycles. The Labute approximate surface area is 120 Å². The molecule has 0 amide bonds. The Morgan fingerprint density at radius 2 is 2.00 bits per heavy atom. The first kappa shape index (κ1) is 14.6. The molecule has 0 radical (unpaired) electrons.